The van der Waals surface area contributed by atoms with E-state index in [9.17, 15) is 8.42 Å². The number of halogens is 1. The van der Waals surface area contributed by atoms with Crippen LogP contribution >= 0.6 is 10.7 Å². The van der Waals surface area contributed by atoms with E-state index in [-0.39, 0.29) is 4.91 Å². The van der Waals surface area contributed by atoms with Crippen LogP contribution in [0.25, 0.3) is 0 Å². The van der Waals surface area contributed by atoms with Gasteiger partial charge < -0.3 is 4.74 Å². The van der Waals surface area contributed by atoms with E-state index in [2.05, 4.69) is 4.74 Å². The van der Waals surface area contributed by atoms with Crippen LogP contribution in [0.4, 0.5) is 0 Å². The van der Waals surface area contributed by atoms with Crippen molar-refractivity contribution in [1.29, 1.82) is 0 Å². The highest BCUT2D eigenvalue weighted by Gasteiger charge is 2.10. The molecular formula is C6H5ClO3S. The van der Waals surface area contributed by atoms with Crippen molar-refractivity contribution in [3.63, 3.8) is 0 Å². The summed E-state index contributed by atoms with van der Waals surface area (Å²) in [4.78, 5) is 0.0212. The molecule has 0 aromatic heterocycles. The van der Waals surface area contributed by atoms with Gasteiger partial charge >= 0.3 is 0 Å². The molecule has 0 aliphatic carbocycles. The van der Waals surface area contributed by atoms with E-state index >= 15 is 0 Å². The maximum absolute atomic E-state index is 10.7. The van der Waals surface area contributed by atoms with Crippen LogP contribution in [0.3, 0.4) is 0 Å². The highest BCUT2D eigenvalue weighted by Crippen LogP contribution is 2.14. The third-order valence-corrected chi connectivity index (χ3v) is 2.38. The molecule has 5 heteroatoms. The summed E-state index contributed by atoms with van der Waals surface area (Å²) in [5.74, 6) is 0. The molecule has 0 fully saturated rings. The van der Waals surface area contributed by atoms with Crippen molar-refractivity contribution >= 4 is 19.7 Å². The summed E-state index contributed by atoms with van der Waals surface area (Å²) in [6.07, 6.45) is 6.68. The Morgan fingerprint density at radius 1 is 1.36 bits per heavy atom. The Morgan fingerprint density at radius 2 is 2.09 bits per heavy atom. The van der Waals surface area contributed by atoms with Gasteiger partial charge in [0.2, 0.25) is 0 Å². The van der Waals surface area contributed by atoms with Crippen LogP contribution in [0.15, 0.2) is 35.7 Å². The first-order chi connectivity index (χ1) is 5.11. The van der Waals surface area contributed by atoms with Crippen LogP contribution in [0.2, 0.25) is 0 Å². The smallest absolute Gasteiger partial charge is 0.261 e. The average Bonchev–Trinajstić information content (AvgIpc) is 2.10. The van der Waals surface area contributed by atoms with Crippen LogP contribution in [0.1, 0.15) is 0 Å². The Kier molecular flexibility index (Phi) is 2.36. The molecule has 0 unspecified atom stereocenters. The van der Waals surface area contributed by atoms with Crippen LogP contribution < -0.4 is 0 Å². The summed E-state index contributed by atoms with van der Waals surface area (Å²) >= 11 is 0. The largest absolute Gasteiger partial charge is 0.473 e. The molecular weight excluding hydrogens is 188 g/mol. The molecule has 0 saturated heterocycles. The molecule has 0 radical (unpaired) electrons. The SMILES string of the molecule is O=S(=O)(Cl)C1=CC=COC=C1. The van der Waals surface area contributed by atoms with Gasteiger partial charge in [0.05, 0.1) is 17.4 Å². The molecule has 0 amide bonds. The van der Waals surface area contributed by atoms with E-state index in [4.69, 9.17) is 10.7 Å². The van der Waals surface area contributed by atoms with Crippen molar-refractivity contribution in [2.24, 2.45) is 0 Å². The Morgan fingerprint density at radius 3 is 2.73 bits per heavy atom. The quantitative estimate of drug-likeness (QED) is 0.592. The van der Waals surface area contributed by atoms with Crippen molar-refractivity contribution in [2.45, 2.75) is 0 Å². The summed E-state index contributed by atoms with van der Waals surface area (Å²) in [6, 6.07) is 0. The van der Waals surface area contributed by atoms with E-state index < -0.39 is 9.05 Å². The van der Waals surface area contributed by atoms with Crippen LogP contribution in [-0.2, 0) is 13.8 Å². The van der Waals surface area contributed by atoms with E-state index in [0.29, 0.717) is 0 Å². The van der Waals surface area contributed by atoms with Crippen LogP contribution in [-0.4, -0.2) is 8.42 Å². The lowest BCUT2D eigenvalue weighted by Crippen LogP contribution is -1.90. The second-order valence-electron chi connectivity index (χ2n) is 1.77. The lowest BCUT2D eigenvalue weighted by Gasteiger charge is -1.90. The minimum absolute atomic E-state index is 0.0212. The maximum Gasteiger partial charge on any atom is 0.261 e. The number of hydrogen-bond acceptors (Lipinski definition) is 3. The van der Waals surface area contributed by atoms with Gasteiger partial charge in [0, 0.05) is 10.7 Å². The first-order valence-corrected chi connectivity index (χ1v) is 5.05. The molecule has 0 aromatic rings. The van der Waals surface area contributed by atoms with E-state index in [1.165, 1.54) is 30.8 Å². The predicted molar refractivity (Wildman–Crippen MR) is 42.2 cm³/mol. The molecule has 1 aliphatic heterocycles. The van der Waals surface area contributed by atoms with Crippen molar-refractivity contribution in [2.75, 3.05) is 0 Å². The number of ether oxygens (including phenoxy) is 1. The first kappa shape index (κ1) is 8.36. The van der Waals surface area contributed by atoms with Gasteiger partial charge in [-0.25, -0.2) is 8.42 Å². The molecule has 0 saturated carbocycles. The zero-order valence-electron chi connectivity index (χ0n) is 5.40. The van der Waals surface area contributed by atoms with Gasteiger partial charge in [-0.1, -0.05) is 0 Å². The molecule has 3 nitrogen and oxygen atoms in total. The summed E-state index contributed by atoms with van der Waals surface area (Å²) in [7, 11) is 1.41. The fourth-order valence-electron chi connectivity index (χ4n) is 0.549. The van der Waals surface area contributed by atoms with Gasteiger partial charge in [-0.15, -0.1) is 0 Å². The zero-order valence-corrected chi connectivity index (χ0v) is 6.97. The fourth-order valence-corrected chi connectivity index (χ4v) is 1.32. The van der Waals surface area contributed by atoms with Crippen molar-refractivity contribution in [3.8, 4) is 0 Å². The lowest BCUT2D eigenvalue weighted by molar-refractivity contribution is 0.404. The van der Waals surface area contributed by atoms with Crippen LogP contribution in [0, 0.1) is 0 Å². The van der Waals surface area contributed by atoms with E-state index in [1.54, 1.807) is 0 Å². The standard InChI is InChI=1S/C6H5ClO3S/c7-11(8,9)6-2-1-4-10-5-3-6/h1-5H. The number of rotatable bonds is 1. The Labute approximate surface area is 69.0 Å². The summed E-state index contributed by atoms with van der Waals surface area (Å²) < 4.78 is 26.1. The molecule has 0 spiro atoms. The Bertz CT molecular complexity index is 324. The highest BCUT2D eigenvalue weighted by molar-refractivity contribution is 8.17. The normalized spacial score (nSPS) is 17.0. The third-order valence-electron chi connectivity index (χ3n) is 1.01. The van der Waals surface area contributed by atoms with Crippen molar-refractivity contribution in [1.82, 2.24) is 0 Å². The second-order valence-corrected chi connectivity index (χ2v) is 4.34. The monoisotopic (exact) mass is 192 g/mol. The molecule has 0 N–H and O–H groups in total. The molecule has 0 aromatic carbocycles. The summed E-state index contributed by atoms with van der Waals surface area (Å²) in [5, 5.41) is 0. The fraction of sp³-hybridized carbons (Fsp3) is 0. The second kappa shape index (κ2) is 3.11. The Hall–Kier alpha value is -0.740. The number of hydrogen-bond donors (Lipinski definition) is 0. The molecule has 11 heavy (non-hydrogen) atoms. The Balaban J connectivity index is 3.05. The van der Waals surface area contributed by atoms with Crippen molar-refractivity contribution < 1.29 is 13.2 Å². The molecule has 0 atom stereocenters. The highest BCUT2D eigenvalue weighted by atomic mass is 35.7. The summed E-state index contributed by atoms with van der Waals surface area (Å²) in [6.45, 7) is 0. The molecule has 0 bridgehead atoms. The van der Waals surface area contributed by atoms with Gasteiger partial charge in [-0.2, -0.15) is 0 Å². The first-order valence-electron chi connectivity index (χ1n) is 2.74. The minimum Gasteiger partial charge on any atom is -0.473 e. The van der Waals surface area contributed by atoms with Gasteiger partial charge in [0.15, 0.2) is 0 Å². The molecule has 1 rings (SSSR count). The molecule has 1 heterocycles. The van der Waals surface area contributed by atoms with Gasteiger partial charge in [0.25, 0.3) is 9.05 Å². The zero-order chi connectivity index (χ0) is 8.32. The van der Waals surface area contributed by atoms with Gasteiger partial charge in [0.1, 0.15) is 0 Å². The van der Waals surface area contributed by atoms with E-state index in [1.807, 2.05) is 0 Å². The third kappa shape index (κ3) is 2.40. The topological polar surface area (TPSA) is 43.4 Å². The maximum atomic E-state index is 10.7. The average molecular weight is 193 g/mol. The lowest BCUT2D eigenvalue weighted by atomic mass is 10.5. The predicted octanol–water partition coefficient (Wildman–Crippen LogP) is 1.50. The van der Waals surface area contributed by atoms with Crippen molar-refractivity contribution in [3.05, 3.63) is 35.7 Å². The molecule has 60 valence electrons. The molecule has 1 aliphatic rings. The number of allylic oxidation sites excluding steroid dienone is 3. The van der Waals surface area contributed by atoms with E-state index in [0.717, 1.165) is 0 Å². The van der Waals surface area contributed by atoms with Gasteiger partial charge in [-0.3, -0.25) is 0 Å². The summed E-state index contributed by atoms with van der Waals surface area (Å²) in [5.41, 5.74) is 0. The van der Waals surface area contributed by atoms with Gasteiger partial charge in [-0.05, 0) is 18.2 Å². The van der Waals surface area contributed by atoms with Crippen LogP contribution in [0.5, 0.6) is 0 Å². The minimum atomic E-state index is -3.63.